The van der Waals surface area contributed by atoms with Crippen LogP contribution in [0.4, 0.5) is 0 Å². The molecule has 2 aliphatic carbocycles. The molecule has 0 nitrogen and oxygen atoms in total. The van der Waals surface area contributed by atoms with Gasteiger partial charge in [-0.25, -0.2) is 0 Å². The predicted octanol–water partition coefficient (Wildman–Crippen LogP) is 5.45. The standard InChI is InChI=1S/C17H27/c1-2-6-15-9-12-17(13-10-15)14-11-16-7-4-3-5-8-16/h4,8,15,17H,2-3,5-6,9-14H2,1H3/t15-,17-. The van der Waals surface area contributed by atoms with E-state index in [9.17, 15) is 0 Å². The van der Waals surface area contributed by atoms with Crippen LogP contribution in [0, 0.1) is 17.9 Å². The van der Waals surface area contributed by atoms with E-state index in [0.29, 0.717) is 0 Å². The quantitative estimate of drug-likeness (QED) is 0.590. The summed E-state index contributed by atoms with van der Waals surface area (Å²) >= 11 is 0. The second-order valence-corrected chi connectivity index (χ2v) is 5.87. The van der Waals surface area contributed by atoms with E-state index in [0.717, 1.165) is 11.8 Å². The fourth-order valence-electron chi connectivity index (χ4n) is 3.35. The van der Waals surface area contributed by atoms with Gasteiger partial charge in [0.15, 0.2) is 0 Å². The first-order chi connectivity index (χ1) is 8.38. The summed E-state index contributed by atoms with van der Waals surface area (Å²) in [5.41, 5.74) is 1.48. The summed E-state index contributed by atoms with van der Waals surface area (Å²) in [5, 5.41) is 0. The molecule has 0 atom stereocenters. The van der Waals surface area contributed by atoms with Crippen molar-refractivity contribution in [1.82, 2.24) is 0 Å². The van der Waals surface area contributed by atoms with Gasteiger partial charge in [-0.15, -0.1) is 0 Å². The van der Waals surface area contributed by atoms with Gasteiger partial charge in [0.05, 0.1) is 0 Å². The van der Waals surface area contributed by atoms with Gasteiger partial charge < -0.3 is 0 Å². The van der Waals surface area contributed by atoms with Crippen LogP contribution in [0.15, 0.2) is 17.7 Å². The van der Waals surface area contributed by atoms with Crippen LogP contribution in [0.3, 0.4) is 0 Å². The van der Waals surface area contributed by atoms with Gasteiger partial charge in [-0.2, -0.15) is 0 Å². The Kier molecular flexibility index (Phi) is 5.35. The molecule has 0 unspecified atom stereocenters. The molecule has 2 aliphatic rings. The van der Waals surface area contributed by atoms with Gasteiger partial charge in [-0.05, 0) is 49.2 Å². The van der Waals surface area contributed by atoms with Crippen LogP contribution in [-0.4, -0.2) is 0 Å². The molecule has 1 fully saturated rings. The molecular formula is C17H27. The molecule has 0 bridgehead atoms. The summed E-state index contributed by atoms with van der Waals surface area (Å²) < 4.78 is 0. The van der Waals surface area contributed by atoms with Gasteiger partial charge in [0.25, 0.3) is 0 Å². The monoisotopic (exact) mass is 231 g/mol. The predicted molar refractivity (Wildman–Crippen MR) is 74.7 cm³/mol. The number of hydrogen-bond acceptors (Lipinski definition) is 0. The third-order valence-electron chi connectivity index (χ3n) is 4.47. The average molecular weight is 231 g/mol. The zero-order valence-corrected chi connectivity index (χ0v) is 11.4. The van der Waals surface area contributed by atoms with E-state index < -0.39 is 0 Å². The third-order valence-corrected chi connectivity index (χ3v) is 4.47. The number of allylic oxidation sites excluding steroid dienone is 4. The summed E-state index contributed by atoms with van der Waals surface area (Å²) in [6.07, 6.45) is 22.0. The number of rotatable bonds is 5. The van der Waals surface area contributed by atoms with Crippen LogP contribution in [0.5, 0.6) is 0 Å². The highest BCUT2D eigenvalue weighted by Crippen LogP contribution is 2.34. The molecule has 0 spiro atoms. The molecule has 0 aromatic carbocycles. The third kappa shape index (κ3) is 4.33. The van der Waals surface area contributed by atoms with Gasteiger partial charge in [-0.1, -0.05) is 57.6 Å². The highest BCUT2D eigenvalue weighted by molar-refractivity contribution is 5.16. The van der Waals surface area contributed by atoms with E-state index in [-0.39, 0.29) is 0 Å². The molecule has 1 saturated carbocycles. The molecule has 95 valence electrons. The van der Waals surface area contributed by atoms with Gasteiger partial charge in [0, 0.05) is 0 Å². The second-order valence-electron chi connectivity index (χ2n) is 5.87. The van der Waals surface area contributed by atoms with Gasteiger partial charge in [0.2, 0.25) is 0 Å². The SMILES string of the molecule is CCC[C@H]1CC[C@H](CCC2=CCCC=[C]2)CC1. The highest BCUT2D eigenvalue weighted by Gasteiger charge is 2.20. The van der Waals surface area contributed by atoms with Crippen LogP contribution in [0.25, 0.3) is 0 Å². The molecule has 0 saturated heterocycles. The Bertz CT molecular complexity index is 264. The Hall–Kier alpha value is -0.520. The Morgan fingerprint density at radius 1 is 1.06 bits per heavy atom. The lowest BCUT2D eigenvalue weighted by Gasteiger charge is -2.28. The minimum atomic E-state index is 1.01. The van der Waals surface area contributed by atoms with Gasteiger partial charge >= 0.3 is 0 Å². The van der Waals surface area contributed by atoms with Crippen LogP contribution in [0.2, 0.25) is 0 Å². The van der Waals surface area contributed by atoms with Crippen molar-refractivity contribution >= 4 is 0 Å². The van der Waals surface area contributed by atoms with Crippen molar-refractivity contribution < 1.29 is 0 Å². The smallest absolute Gasteiger partial charge is 0.0195 e. The largest absolute Gasteiger partial charge is 0.0804 e. The lowest BCUT2D eigenvalue weighted by atomic mass is 9.78. The Morgan fingerprint density at radius 3 is 2.35 bits per heavy atom. The fourth-order valence-corrected chi connectivity index (χ4v) is 3.35. The highest BCUT2D eigenvalue weighted by atomic mass is 14.3. The molecular weight excluding hydrogens is 204 g/mol. The van der Waals surface area contributed by atoms with E-state index in [1.54, 1.807) is 0 Å². The van der Waals surface area contributed by atoms with E-state index in [1.807, 2.05) is 0 Å². The minimum Gasteiger partial charge on any atom is -0.0804 e. The molecule has 0 N–H and O–H groups in total. The zero-order chi connectivity index (χ0) is 11.9. The first-order valence-corrected chi connectivity index (χ1v) is 7.65. The van der Waals surface area contributed by atoms with Crippen molar-refractivity contribution in [2.24, 2.45) is 11.8 Å². The lowest BCUT2D eigenvalue weighted by Crippen LogP contribution is -2.14. The van der Waals surface area contributed by atoms with E-state index in [1.165, 1.54) is 69.8 Å². The maximum absolute atomic E-state index is 3.42. The molecule has 0 amide bonds. The lowest BCUT2D eigenvalue weighted by molar-refractivity contribution is 0.252. The van der Waals surface area contributed by atoms with Gasteiger partial charge in [0.1, 0.15) is 0 Å². The first-order valence-electron chi connectivity index (χ1n) is 7.65. The maximum Gasteiger partial charge on any atom is -0.0195 e. The van der Waals surface area contributed by atoms with Gasteiger partial charge in [-0.3, -0.25) is 0 Å². The maximum atomic E-state index is 3.42. The molecule has 2 rings (SSSR count). The van der Waals surface area contributed by atoms with Crippen LogP contribution in [0.1, 0.15) is 71.1 Å². The Labute approximate surface area is 107 Å². The van der Waals surface area contributed by atoms with Crippen LogP contribution >= 0.6 is 0 Å². The molecule has 0 aromatic heterocycles. The normalized spacial score (nSPS) is 29.1. The van der Waals surface area contributed by atoms with Crippen LogP contribution in [-0.2, 0) is 0 Å². The van der Waals surface area contributed by atoms with E-state index in [2.05, 4.69) is 25.2 Å². The Morgan fingerprint density at radius 2 is 1.76 bits per heavy atom. The first kappa shape index (κ1) is 12.9. The number of hydrogen-bond donors (Lipinski definition) is 0. The van der Waals surface area contributed by atoms with Crippen molar-refractivity contribution in [3.05, 3.63) is 23.8 Å². The van der Waals surface area contributed by atoms with E-state index in [4.69, 9.17) is 0 Å². The summed E-state index contributed by atoms with van der Waals surface area (Å²) in [5.74, 6) is 2.06. The molecule has 0 heterocycles. The topological polar surface area (TPSA) is 0 Å². The van der Waals surface area contributed by atoms with E-state index >= 15 is 0 Å². The summed E-state index contributed by atoms with van der Waals surface area (Å²) in [6, 6.07) is 0. The summed E-state index contributed by atoms with van der Waals surface area (Å²) in [7, 11) is 0. The van der Waals surface area contributed by atoms with Crippen molar-refractivity contribution in [2.45, 2.75) is 71.1 Å². The zero-order valence-electron chi connectivity index (χ0n) is 11.4. The molecule has 0 heteroatoms. The molecule has 0 aliphatic heterocycles. The van der Waals surface area contributed by atoms with Crippen molar-refractivity contribution in [2.75, 3.05) is 0 Å². The molecule has 0 aromatic rings. The van der Waals surface area contributed by atoms with Crippen molar-refractivity contribution in [3.63, 3.8) is 0 Å². The second kappa shape index (κ2) is 7.03. The fraction of sp³-hybridized carbons (Fsp3) is 0.765. The Balaban J connectivity index is 1.64. The van der Waals surface area contributed by atoms with Crippen LogP contribution < -0.4 is 0 Å². The van der Waals surface area contributed by atoms with Crippen molar-refractivity contribution in [3.8, 4) is 0 Å². The summed E-state index contributed by atoms with van der Waals surface area (Å²) in [4.78, 5) is 0. The molecule has 17 heavy (non-hydrogen) atoms. The average Bonchev–Trinajstić information content (AvgIpc) is 2.40. The minimum absolute atomic E-state index is 1.01. The molecule has 1 radical (unpaired) electrons. The summed E-state index contributed by atoms with van der Waals surface area (Å²) in [6.45, 7) is 2.32. The van der Waals surface area contributed by atoms with Crippen molar-refractivity contribution in [1.29, 1.82) is 0 Å².